The molecule has 0 bridgehead atoms. The summed E-state index contributed by atoms with van der Waals surface area (Å²) < 4.78 is 16.8. The number of unbranched alkanes of at least 4 members (excludes halogenated alkanes) is 12. The van der Waals surface area contributed by atoms with Gasteiger partial charge in [-0.25, -0.2) is 9.59 Å². The molecule has 0 saturated heterocycles. The molecular formula is C34H50O5. The number of carbonyl (C=O) groups is 2. The maximum Gasteiger partial charge on any atom is 0.343 e. The van der Waals surface area contributed by atoms with Gasteiger partial charge in [-0.05, 0) is 74.7 Å². The van der Waals surface area contributed by atoms with Crippen LogP contribution in [0.4, 0.5) is 0 Å². The summed E-state index contributed by atoms with van der Waals surface area (Å²) in [4.78, 5) is 24.9. The van der Waals surface area contributed by atoms with Crippen molar-refractivity contribution in [2.24, 2.45) is 0 Å². The molecule has 1 atom stereocenters. The molecule has 5 nitrogen and oxygen atoms in total. The molecule has 2 aromatic rings. The van der Waals surface area contributed by atoms with Gasteiger partial charge in [0.1, 0.15) is 11.5 Å². The molecule has 0 aliphatic heterocycles. The largest absolute Gasteiger partial charge is 0.494 e. The van der Waals surface area contributed by atoms with Crippen molar-refractivity contribution in [1.82, 2.24) is 0 Å². The van der Waals surface area contributed by atoms with Crippen LogP contribution in [-0.2, 0) is 4.74 Å². The highest BCUT2D eigenvalue weighted by Gasteiger charge is 2.13. The summed E-state index contributed by atoms with van der Waals surface area (Å²) >= 11 is 0. The van der Waals surface area contributed by atoms with Gasteiger partial charge in [0.15, 0.2) is 0 Å². The number of carbonyl (C=O) groups excluding carboxylic acids is 2. The Bertz CT molecular complexity index is 920. The molecule has 0 saturated carbocycles. The fourth-order valence-electron chi connectivity index (χ4n) is 4.46. The van der Waals surface area contributed by atoms with Crippen molar-refractivity contribution in [3.63, 3.8) is 0 Å². The average Bonchev–Trinajstić information content (AvgIpc) is 2.94. The lowest BCUT2D eigenvalue weighted by atomic mass is 10.1. The Morgan fingerprint density at radius 1 is 0.590 bits per heavy atom. The molecule has 0 amide bonds. The first-order chi connectivity index (χ1) is 19.0. The third-order valence-corrected chi connectivity index (χ3v) is 6.93. The van der Waals surface area contributed by atoms with Crippen LogP contribution in [0.5, 0.6) is 11.5 Å². The van der Waals surface area contributed by atoms with Crippen LogP contribution in [0.1, 0.15) is 138 Å². The number of benzene rings is 2. The van der Waals surface area contributed by atoms with Gasteiger partial charge in [0.25, 0.3) is 0 Å². The highest BCUT2D eigenvalue weighted by Crippen LogP contribution is 2.19. The van der Waals surface area contributed by atoms with E-state index in [2.05, 4.69) is 13.8 Å². The van der Waals surface area contributed by atoms with E-state index in [1.807, 2.05) is 6.92 Å². The van der Waals surface area contributed by atoms with E-state index < -0.39 is 5.97 Å². The molecule has 2 rings (SSSR count). The topological polar surface area (TPSA) is 61.8 Å². The number of hydrogen-bond donors (Lipinski definition) is 0. The molecule has 0 fully saturated rings. The Balaban J connectivity index is 1.64. The fourth-order valence-corrected chi connectivity index (χ4v) is 4.46. The average molecular weight is 539 g/mol. The second-order valence-corrected chi connectivity index (χ2v) is 10.5. The van der Waals surface area contributed by atoms with Crippen molar-refractivity contribution < 1.29 is 23.8 Å². The maximum absolute atomic E-state index is 12.5. The zero-order valence-corrected chi connectivity index (χ0v) is 24.6. The van der Waals surface area contributed by atoms with Gasteiger partial charge >= 0.3 is 11.9 Å². The third kappa shape index (κ3) is 14.2. The van der Waals surface area contributed by atoms with Crippen molar-refractivity contribution in [1.29, 1.82) is 0 Å². The molecule has 0 radical (unpaired) electrons. The number of esters is 2. The molecule has 0 N–H and O–H groups in total. The van der Waals surface area contributed by atoms with Crippen LogP contribution in [0.15, 0.2) is 48.5 Å². The van der Waals surface area contributed by atoms with Gasteiger partial charge in [-0.3, -0.25) is 0 Å². The number of ether oxygens (including phenoxy) is 3. The van der Waals surface area contributed by atoms with Gasteiger partial charge in [-0.1, -0.05) is 90.9 Å². The lowest BCUT2D eigenvalue weighted by molar-refractivity contribution is 0.0319. The molecule has 0 heterocycles. The highest BCUT2D eigenvalue weighted by atomic mass is 16.5. The van der Waals surface area contributed by atoms with Crippen molar-refractivity contribution in [2.45, 2.75) is 123 Å². The third-order valence-electron chi connectivity index (χ3n) is 6.93. The minimum atomic E-state index is -0.452. The Morgan fingerprint density at radius 2 is 1.05 bits per heavy atom. The fraction of sp³-hybridized carbons (Fsp3) is 0.588. The van der Waals surface area contributed by atoms with E-state index in [1.165, 1.54) is 70.6 Å². The molecule has 5 heteroatoms. The van der Waals surface area contributed by atoms with Crippen molar-refractivity contribution in [3.05, 3.63) is 59.7 Å². The predicted octanol–water partition coefficient (Wildman–Crippen LogP) is 9.72. The van der Waals surface area contributed by atoms with Crippen LogP contribution in [0.3, 0.4) is 0 Å². The summed E-state index contributed by atoms with van der Waals surface area (Å²) in [5.41, 5.74) is 0.890. The van der Waals surface area contributed by atoms with Crippen molar-refractivity contribution in [2.75, 3.05) is 6.61 Å². The summed E-state index contributed by atoms with van der Waals surface area (Å²) in [7, 11) is 0. The van der Waals surface area contributed by atoms with Crippen LogP contribution in [0.25, 0.3) is 0 Å². The van der Waals surface area contributed by atoms with E-state index in [-0.39, 0.29) is 12.1 Å². The summed E-state index contributed by atoms with van der Waals surface area (Å²) in [6, 6.07) is 13.5. The van der Waals surface area contributed by atoms with E-state index in [0.717, 1.165) is 31.4 Å². The lowest BCUT2D eigenvalue weighted by Gasteiger charge is -2.13. The zero-order chi connectivity index (χ0) is 28.1. The molecule has 0 unspecified atom stereocenters. The Hall–Kier alpha value is -2.82. The van der Waals surface area contributed by atoms with Crippen LogP contribution in [0.2, 0.25) is 0 Å². The number of hydrogen-bond acceptors (Lipinski definition) is 5. The molecule has 0 aromatic heterocycles. The minimum Gasteiger partial charge on any atom is -0.494 e. The molecular weight excluding hydrogens is 488 g/mol. The summed E-state index contributed by atoms with van der Waals surface area (Å²) in [5, 5.41) is 0. The van der Waals surface area contributed by atoms with Crippen LogP contribution < -0.4 is 9.47 Å². The highest BCUT2D eigenvalue weighted by molar-refractivity contribution is 5.92. The van der Waals surface area contributed by atoms with Gasteiger partial charge < -0.3 is 14.2 Å². The summed E-state index contributed by atoms with van der Waals surface area (Å²) in [5.74, 6) is 0.326. The van der Waals surface area contributed by atoms with Crippen LogP contribution in [-0.4, -0.2) is 24.6 Å². The maximum atomic E-state index is 12.5. The van der Waals surface area contributed by atoms with E-state index in [9.17, 15) is 9.59 Å². The first-order valence-electron chi connectivity index (χ1n) is 15.3. The van der Waals surface area contributed by atoms with E-state index in [1.54, 1.807) is 48.5 Å². The molecule has 0 aliphatic carbocycles. The Morgan fingerprint density at radius 3 is 1.62 bits per heavy atom. The van der Waals surface area contributed by atoms with Crippen LogP contribution >= 0.6 is 0 Å². The summed E-state index contributed by atoms with van der Waals surface area (Å²) in [6.07, 6.45) is 18.3. The normalized spacial score (nSPS) is 11.7. The number of rotatable bonds is 21. The standard InChI is InChI=1S/C34H50O5/c1-4-6-8-10-11-12-13-14-15-17-27-37-31-23-19-30(20-24-31)34(36)39-32-25-21-29(22-26-32)33(35)38-28(3)18-16-9-7-5-2/h19-26,28H,4-18,27H2,1-3H3/t28-/m1/s1. The quantitative estimate of drug-likeness (QED) is 0.0899. The molecule has 216 valence electrons. The predicted molar refractivity (Wildman–Crippen MR) is 159 cm³/mol. The van der Waals surface area contributed by atoms with Gasteiger partial charge in [0, 0.05) is 0 Å². The Labute approximate surface area is 236 Å². The molecule has 39 heavy (non-hydrogen) atoms. The molecule has 2 aromatic carbocycles. The first kappa shape index (κ1) is 32.4. The van der Waals surface area contributed by atoms with Crippen molar-refractivity contribution >= 4 is 11.9 Å². The van der Waals surface area contributed by atoms with Crippen molar-refractivity contribution in [3.8, 4) is 11.5 Å². The van der Waals surface area contributed by atoms with E-state index in [4.69, 9.17) is 14.2 Å². The van der Waals surface area contributed by atoms with Gasteiger partial charge in [0.2, 0.25) is 0 Å². The SMILES string of the molecule is CCCCCCCCCCCCOc1ccc(C(=O)Oc2ccc(C(=O)O[C@H](C)CCCCCC)cc2)cc1. The Kier molecular flexibility index (Phi) is 16.7. The zero-order valence-electron chi connectivity index (χ0n) is 24.6. The molecule has 0 spiro atoms. The monoisotopic (exact) mass is 538 g/mol. The van der Waals surface area contributed by atoms with E-state index >= 15 is 0 Å². The van der Waals surface area contributed by atoms with E-state index in [0.29, 0.717) is 23.5 Å². The minimum absolute atomic E-state index is 0.117. The second kappa shape index (κ2) is 20.1. The first-order valence-corrected chi connectivity index (χ1v) is 15.3. The van der Waals surface area contributed by atoms with Gasteiger partial charge in [-0.15, -0.1) is 0 Å². The molecule has 0 aliphatic rings. The van der Waals surface area contributed by atoms with Gasteiger partial charge in [-0.2, -0.15) is 0 Å². The summed E-state index contributed by atoms with van der Waals surface area (Å²) in [6.45, 7) is 7.04. The second-order valence-electron chi connectivity index (χ2n) is 10.5. The van der Waals surface area contributed by atoms with Gasteiger partial charge in [0.05, 0.1) is 23.8 Å². The lowest BCUT2D eigenvalue weighted by Crippen LogP contribution is -2.15. The smallest absolute Gasteiger partial charge is 0.343 e. The van der Waals surface area contributed by atoms with Crippen LogP contribution in [0, 0.1) is 0 Å².